The van der Waals surface area contributed by atoms with Crippen molar-refractivity contribution in [1.29, 1.82) is 0 Å². The summed E-state index contributed by atoms with van der Waals surface area (Å²) < 4.78 is 5.74. The van der Waals surface area contributed by atoms with Crippen LogP contribution < -0.4 is 15.4 Å². The van der Waals surface area contributed by atoms with Crippen LogP contribution in [0.1, 0.15) is 31.4 Å². The minimum Gasteiger partial charge on any atom is -0.493 e. The van der Waals surface area contributed by atoms with Crippen molar-refractivity contribution in [2.24, 2.45) is 16.8 Å². The Hall–Kier alpha value is -3.02. The quantitative estimate of drug-likeness (QED) is 0.442. The fourth-order valence-electron chi connectivity index (χ4n) is 3.73. The molecule has 1 heterocycles. The minimum absolute atomic E-state index is 0.246. The van der Waals surface area contributed by atoms with E-state index in [2.05, 4.69) is 53.7 Å². The van der Waals surface area contributed by atoms with Crippen LogP contribution in [-0.2, 0) is 17.8 Å². The number of aliphatic imine (C=N–C) groups is 1. The van der Waals surface area contributed by atoms with Crippen LogP contribution in [0, 0.1) is 11.8 Å². The number of nitrogens with one attached hydrogen (secondary N) is 2. The molecule has 2 aromatic rings. The molecule has 1 fully saturated rings. The van der Waals surface area contributed by atoms with Crippen molar-refractivity contribution in [1.82, 2.24) is 15.5 Å². The number of amides is 1. The summed E-state index contributed by atoms with van der Waals surface area (Å²) >= 11 is 0. The molecule has 0 saturated carbocycles. The van der Waals surface area contributed by atoms with Crippen LogP contribution in [0.25, 0.3) is 0 Å². The second-order valence-corrected chi connectivity index (χ2v) is 8.80. The van der Waals surface area contributed by atoms with Gasteiger partial charge in [-0.3, -0.25) is 9.79 Å². The zero-order chi connectivity index (χ0) is 22.8. The Bertz CT molecular complexity index is 865. The van der Waals surface area contributed by atoms with Gasteiger partial charge in [-0.05, 0) is 35.6 Å². The lowest BCUT2D eigenvalue weighted by molar-refractivity contribution is -0.127. The topological polar surface area (TPSA) is 66.0 Å². The van der Waals surface area contributed by atoms with E-state index in [0.29, 0.717) is 24.8 Å². The third-order valence-electron chi connectivity index (χ3n) is 5.56. The molecule has 0 radical (unpaired) electrons. The molecule has 2 N–H and O–H groups in total. The van der Waals surface area contributed by atoms with E-state index in [9.17, 15) is 4.79 Å². The molecule has 6 heteroatoms. The van der Waals surface area contributed by atoms with Gasteiger partial charge in [0.05, 0.1) is 6.61 Å². The lowest BCUT2D eigenvalue weighted by atomic mass is 10.1. The third-order valence-corrected chi connectivity index (χ3v) is 5.56. The number of likely N-dealkylation sites (tertiary alicyclic amines) is 1. The van der Waals surface area contributed by atoms with Crippen molar-refractivity contribution in [3.8, 4) is 5.75 Å². The monoisotopic (exact) mass is 436 g/mol. The summed E-state index contributed by atoms with van der Waals surface area (Å²) in [4.78, 5) is 18.7. The number of guanidine groups is 1. The average molecular weight is 437 g/mol. The molecule has 0 aromatic heterocycles. The SMILES string of the molecule is CN=C(NCc1ccc(OCC(C)C)cc1)NCC1CC(=O)N(CCc2ccccc2)C1. The van der Waals surface area contributed by atoms with Crippen molar-refractivity contribution in [3.63, 3.8) is 0 Å². The van der Waals surface area contributed by atoms with Crippen molar-refractivity contribution in [2.75, 3.05) is 33.3 Å². The van der Waals surface area contributed by atoms with Crippen LogP contribution in [0.2, 0.25) is 0 Å². The number of carbonyl (C=O) groups excluding carboxylic acids is 1. The molecule has 0 spiro atoms. The summed E-state index contributed by atoms with van der Waals surface area (Å²) in [6.45, 7) is 7.99. The van der Waals surface area contributed by atoms with Crippen LogP contribution in [0.5, 0.6) is 5.75 Å². The first-order chi connectivity index (χ1) is 15.5. The minimum atomic E-state index is 0.246. The first kappa shape index (κ1) is 23.6. The van der Waals surface area contributed by atoms with E-state index in [1.807, 2.05) is 35.2 Å². The highest BCUT2D eigenvalue weighted by Gasteiger charge is 2.29. The predicted molar refractivity (Wildman–Crippen MR) is 130 cm³/mol. The molecule has 6 nitrogen and oxygen atoms in total. The van der Waals surface area contributed by atoms with Gasteiger partial charge in [0.2, 0.25) is 5.91 Å². The molecule has 1 aliphatic heterocycles. The highest BCUT2D eigenvalue weighted by Crippen LogP contribution is 2.18. The number of rotatable bonds is 10. The second kappa shape index (κ2) is 12.1. The highest BCUT2D eigenvalue weighted by molar-refractivity contribution is 5.80. The van der Waals surface area contributed by atoms with Gasteiger partial charge in [-0.1, -0.05) is 56.3 Å². The maximum Gasteiger partial charge on any atom is 0.223 e. The van der Waals surface area contributed by atoms with Crippen LogP contribution in [0.3, 0.4) is 0 Å². The number of carbonyl (C=O) groups is 1. The summed E-state index contributed by atoms with van der Waals surface area (Å²) in [5.74, 6) is 2.70. The molecular formula is C26H36N4O2. The number of ether oxygens (including phenoxy) is 1. The number of hydrogen-bond donors (Lipinski definition) is 2. The molecular weight excluding hydrogens is 400 g/mol. The molecule has 1 atom stereocenters. The average Bonchev–Trinajstić information content (AvgIpc) is 3.17. The fraction of sp³-hybridized carbons (Fsp3) is 0.462. The van der Waals surface area contributed by atoms with E-state index in [0.717, 1.165) is 49.9 Å². The summed E-state index contributed by atoms with van der Waals surface area (Å²) in [7, 11) is 1.77. The van der Waals surface area contributed by atoms with Gasteiger partial charge < -0.3 is 20.3 Å². The summed E-state index contributed by atoms with van der Waals surface area (Å²) in [6, 6.07) is 18.5. The van der Waals surface area contributed by atoms with Gasteiger partial charge in [-0.25, -0.2) is 0 Å². The Morgan fingerprint density at radius 3 is 2.53 bits per heavy atom. The van der Waals surface area contributed by atoms with E-state index in [1.165, 1.54) is 5.56 Å². The van der Waals surface area contributed by atoms with Gasteiger partial charge in [-0.2, -0.15) is 0 Å². The largest absolute Gasteiger partial charge is 0.493 e. The van der Waals surface area contributed by atoms with Gasteiger partial charge in [0.15, 0.2) is 5.96 Å². The third kappa shape index (κ3) is 7.59. The molecule has 2 aromatic carbocycles. The zero-order valence-electron chi connectivity index (χ0n) is 19.5. The summed E-state index contributed by atoms with van der Waals surface area (Å²) in [6.07, 6.45) is 1.49. The molecule has 1 saturated heterocycles. The van der Waals surface area contributed by atoms with Crippen LogP contribution in [0.15, 0.2) is 59.6 Å². The Morgan fingerprint density at radius 2 is 1.84 bits per heavy atom. The Kier molecular flexibility index (Phi) is 8.96. The molecule has 0 aliphatic carbocycles. The van der Waals surface area contributed by atoms with Crippen molar-refractivity contribution in [2.45, 2.75) is 33.2 Å². The smallest absolute Gasteiger partial charge is 0.223 e. The van der Waals surface area contributed by atoms with E-state index in [1.54, 1.807) is 7.05 Å². The van der Waals surface area contributed by atoms with Crippen LogP contribution >= 0.6 is 0 Å². The van der Waals surface area contributed by atoms with E-state index in [4.69, 9.17) is 4.74 Å². The molecule has 1 amide bonds. The molecule has 1 aliphatic rings. The lowest BCUT2D eigenvalue weighted by Crippen LogP contribution is -2.40. The van der Waals surface area contributed by atoms with Crippen molar-refractivity contribution >= 4 is 11.9 Å². The van der Waals surface area contributed by atoms with Gasteiger partial charge in [-0.15, -0.1) is 0 Å². The van der Waals surface area contributed by atoms with Crippen LogP contribution in [-0.4, -0.2) is 50.1 Å². The maximum atomic E-state index is 12.4. The molecule has 32 heavy (non-hydrogen) atoms. The number of benzene rings is 2. The molecule has 1 unspecified atom stereocenters. The van der Waals surface area contributed by atoms with E-state index in [-0.39, 0.29) is 5.91 Å². The van der Waals surface area contributed by atoms with Crippen LogP contribution in [0.4, 0.5) is 0 Å². The first-order valence-corrected chi connectivity index (χ1v) is 11.5. The Balaban J connectivity index is 1.38. The predicted octanol–water partition coefficient (Wildman–Crippen LogP) is 3.48. The second-order valence-electron chi connectivity index (χ2n) is 8.80. The fourth-order valence-corrected chi connectivity index (χ4v) is 3.73. The van der Waals surface area contributed by atoms with Crippen molar-refractivity contribution < 1.29 is 9.53 Å². The normalized spacial score (nSPS) is 16.5. The zero-order valence-corrected chi connectivity index (χ0v) is 19.5. The Morgan fingerprint density at radius 1 is 1.09 bits per heavy atom. The standard InChI is InChI=1S/C26H36N4O2/c1-20(2)19-32-24-11-9-22(10-12-24)16-28-26(27-3)29-17-23-15-25(31)30(18-23)14-13-21-7-5-4-6-8-21/h4-12,20,23H,13-19H2,1-3H3,(H2,27,28,29). The maximum absolute atomic E-state index is 12.4. The number of nitrogens with zero attached hydrogens (tertiary/aromatic N) is 2. The molecule has 172 valence electrons. The van der Waals surface area contributed by atoms with Gasteiger partial charge in [0.25, 0.3) is 0 Å². The van der Waals surface area contributed by atoms with Gasteiger partial charge in [0, 0.05) is 45.6 Å². The van der Waals surface area contributed by atoms with Crippen molar-refractivity contribution in [3.05, 3.63) is 65.7 Å². The number of hydrogen-bond acceptors (Lipinski definition) is 3. The van der Waals surface area contributed by atoms with Gasteiger partial charge in [0.1, 0.15) is 5.75 Å². The van der Waals surface area contributed by atoms with Gasteiger partial charge >= 0.3 is 0 Å². The highest BCUT2D eigenvalue weighted by atomic mass is 16.5. The van der Waals surface area contributed by atoms with E-state index < -0.39 is 0 Å². The summed E-state index contributed by atoms with van der Waals surface area (Å²) in [5, 5.41) is 6.72. The molecule has 3 rings (SSSR count). The lowest BCUT2D eigenvalue weighted by Gasteiger charge is -2.18. The molecule has 0 bridgehead atoms. The van der Waals surface area contributed by atoms with E-state index >= 15 is 0 Å². The Labute approximate surface area is 192 Å². The summed E-state index contributed by atoms with van der Waals surface area (Å²) in [5.41, 5.74) is 2.43. The first-order valence-electron chi connectivity index (χ1n) is 11.5.